The second-order valence-corrected chi connectivity index (χ2v) is 6.27. The standard InChI is InChI=1S/C14H27NO4/c1-5-6-7-18-9-11-8-14(11,10-16)15-12(17)19-13(2,3)4/h11,16H,5-10H2,1-4H3,(H,15,17)/t11-,14-/m1/s1. The van der Waals surface area contributed by atoms with Crippen molar-refractivity contribution in [3.05, 3.63) is 0 Å². The average Bonchev–Trinajstić information content (AvgIpc) is 2.96. The molecule has 0 aromatic rings. The first-order valence-electron chi connectivity index (χ1n) is 7.03. The second kappa shape index (κ2) is 6.57. The van der Waals surface area contributed by atoms with Gasteiger partial charge in [0.05, 0.1) is 18.8 Å². The fourth-order valence-corrected chi connectivity index (χ4v) is 1.96. The van der Waals surface area contributed by atoms with Gasteiger partial charge in [0.25, 0.3) is 0 Å². The number of carbonyl (C=O) groups is 1. The zero-order valence-electron chi connectivity index (χ0n) is 12.5. The van der Waals surface area contributed by atoms with Gasteiger partial charge in [0.2, 0.25) is 0 Å². The number of alkyl carbamates (subject to hydrolysis) is 1. The summed E-state index contributed by atoms with van der Waals surface area (Å²) in [6.45, 7) is 8.80. The van der Waals surface area contributed by atoms with E-state index < -0.39 is 17.2 Å². The van der Waals surface area contributed by atoms with Crippen molar-refractivity contribution in [1.82, 2.24) is 5.32 Å². The molecule has 1 rings (SSSR count). The van der Waals surface area contributed by atoms with E-state index in [1.807, 2.05) is 20.8 Å². The highest BCUT2D eigenvalue weighted by Crippen LogP contribution is 2.43. The van der Waals surface area contributed by atoms with Crippen LogP contribution in [0.4, 0.5) is 4.79 Å². The average molecular weight is 273 g/mol. The predicted molar refractivity (Wildman–Crippen MR) is 73.0 cm³/mol. The van der Waals surface area contributed by atoms with Crippen molar-refractivity contribution in [1.29, 1.82) is 0 Å². The van der Waals surface area contributed by atoms with Gasteiger partial charge in [0.15, 0.2) is 0 Å². The molecule has 1 aliphatic rings. The molecule has 0 aliphatic heterocycles. The Hall–Kier alpha value is -0.810. The van der Waals surface area contributed by atoms with Crippen LogP contribution in [0.5, 0.6) is 0 Å². The molecule has 0 saturated heterocycles. The van der Waals surface area contributed by atoms with E-state index in [-0.39, 0.29) is 12.5 Å². The molecular weight excluding hydrogens is 246 g/mol. The number of amides is 1. The molecule has 112 valence electrons. The molecule has 0 bridgehead atoms. The zero-order valence-corrected chi connectivity index (χ0v) is 12.5. The molecule has 0 spiro atoms. The SMILES string of the molecule is CCCCOC[C@H]1C[C@]1(CO)NC(=O)OC(C)(C)C. The van der Waals surface area contributed by atoms with E-state index in [1.54, 1.807) is 0 Å². The first kappa shape index (κ1) is 16.2. The molecule has 1 fully saturated rings. The Morgan fingerprint density at radius 2 is 2.16 bits per heavy atom. The summed E-state index contributed by atoms with van der Waals surface area (Å²) in [6, 6.07) is 0. The second-order valence-electron chi connectivity index (χ2n) is 6.27. The van der Waals surface area contributed by atoms with Crippen LogP contribution in [0.25, 0.3) is 0 Å². The van der Waals surface area contributed by atoms with E-state index >= 15 is 0 Å². The topological polar surface area (TPSA) is 67.8 Å². The minimum absolute atomic E-state index is 0.0753. The molecule has 0 aromatic carbocycles. The van der Waals surface area contributed by atoms with Gasteiger partial charge < -0.3 is 19.9 Å². The van der Waals surface area contributed by atoms with Gasteiger partial charge in [-0.25, -0.2) is 4.79 Å². The Morgan fingerprint density at radius 3 is 2.68 bits per heavy atom. The number of unbranched alkanes of at least 4 members (excludes halogenated alkanes) is 1. The maximum absolute atomic E-state index is 11.7. The third kappa shape index (κ3) is 5.37. The normalized spacial score (nSPS) is 26.1. The van der Waals surface area contributed by atoms with E-state index in [2.05, 4.69) is 12.2 Å². The van der Waals surface area contributed by atoms with Crippen molar-refractivity contribution in [3.63, 3.8) is 0 Å². The number of hydrogen-bond donors (Lipinski definition) is 2. The fourth-order valence-electron chi connectivity index (χ4n) is 1.96. The van der Waals surface area contributed by atoms with Crippen molar-refractivity contribution < 1.29 is 19.4 Å². The molecule has 0 heterocycles. The fraction of sp³-hybridized carbons (Fsp3) is 0.929. The molecule has 0 radical (unpaired) electrons. The molecule has 1 aliphatic carbocycles. The highest BCUT2D eigenvalue weighted by Gasteiger charge is 2.55. The third-order valence-electron chi connectivity index (χ3n) is 3.23. The summed E-state index contributed by atoms with van der Waals surface area (Å²) in [6.07, 6.45) is 2.41. The maximum atomic E-state index is 11.7. The van der Waals surface area contributed by atoms with E-state index in [9.17, 15) is 9.90 Å². The summed E-state index contributed by atoms with van der Waals surface area (Å²) in [7, 11) is 0. The number of nitrogens with one attached hydrogen (secondary N) is 1. The van der Waals surface area contributed by atoms with Crippen LogP contribution in [0.15, 0.2) is 0 Å². The van der Waals surface area contributed by atoms with E-state index in [4.69, 9.17) is 9.47 Å². The Morgan fingerprint density at radius 1 is 1.47 bits per heavy atom. The van der Waals surface area contributed by atoms with Gasteiger partial charge >= 0.3 is 6.09 Å². The van der Waals surface area contributed by atoms with Gasteiger partial charge in [0, 0.05) is 12.5 Å². The number of aliphatic hydroxyl groups excluding tert-OH is 1. The van der Waals surface area contributed by atoms with Gasteiger partial charge in [-0.05, 0) is 33.6 Å². The van der Waals surface area contributed by atoms with Gasteiger partial charge in [-0.3, -0.25) is 0 Å². The van der Waals surface area contributed by atoms with E-state index in [1.165, 1.54) is 0 Å². The first-order chi connectivity index (χ1) is 8.83. The maximum Gasteiger partial charge on any atom is 0.408 e. The lowest BCUT2D eigenvalue weighted by Gasteiger charge is -2.23. The summed E-state index contributed by atoms with van der Waals surface area (Å²) < 4.78 is 10.7. The molecule has 0 unspecified atom stereocenters. The summed E-state index contributed by atoms with van der Waals surface area (Å²) in [5, 5.41) is 12.2. The van der Waals surface area contributed by atoms with Gasteiger partial charge in [-0.1, -0.05) is 13.3 Å². The lowest BCUT2D eigenvalue weighted by Crippen LogP contribution is -2.44. The molecule has 1 amide bonds. The van der Waals surface area contributed by atoms with Crippen molar-refractivity contribution >= 4 is 6.09 Å². The Labute approximate surface area is 115 Å². The smallest absolute Gasteiger partial charge is 0.408 e. The summed E-state index contributed by atoms with van der Waals surface area (Å²) >= 11 is 0. The number of rotatable bonds is 7. The molecule has 1 saturated carbocycles. The van der Waals surface area contributed by atoms with Crippen molar-refractivity contribution in [3.8, 4) is 0 Å². The van der Waals surface area contributed by atoms with Gasteiger partial charge in [0.1, 0.15) is 5.60 Å². The quantitative estimate of drug-likeness (QED) is 0.697. The summed E-state index contributed by atoms with van der Waals surface area (Å²) in [5.41, 5.74) is -1.07. The molecule has 0 aromatic heterocycles. The Kier molecular flexibility index (Phi) is 5.62. The van der Waals surface area contributed by atoms with Crippen LogP contribution in [0, 0.1) is 5.92 Å². The Balaban J connectivity index is 2.32. The third-order valence-corrected chi connectivity index (χ3v) is 3.23. The molecular formula is C14H27NO4. The van der Waals surface area contributed by atoms with Crippen LogP contribution in [0.1, 0.15) is 47.0 Å². The number of aliphatic hydroxyl groups is 1. The number of carbonyl (C=O) groups excluding carboxylic acids is 1. The zero-order chi connectivity index (χ0) is 14.5. The summed E-state index contributed by atoms with van der Waals surface area (Å²) in [4.78, 5) is 11.7. The van der Waals surface area contributed by atoms with Gasteiger partial charge in [-0.15, -0.1) is 0 Å². The van der Waals surface area contributed by atoms with Crippen LogP contribution < -0.4 is 5.32 Å². The first-order valence-corrected chi connectivity index (χ1v) is 7.03. The van der Waals surface area contributed by atoms with Crippen LogP contribution in [0.3, 0.4) is 0 Å². The van der Waals surface area contributed by atoms with Gasteiger partial charge in [-0.2, -0.15) is 0 Å². The number of hydrogen-bond acceptors (Lipinski definition) is 4. The lowest BCUT2D eigenvalue weighted by molar-refractivity contribution is 0.0442. The predicted octanol–water partition coefficient (Wildman–Crippen LogP) is 2.08. The highest BCUT2D eigenvalue weighted by molar-refractivity contribution is 5.69. The largest absolute Gasteiger partial charge is 0.444 e. The molecule has 5 heteroatoms. The van der Waals surface area contributed by atoms with Crippen LogP contribution in [-0.2, 0) is 9.47 Å². The molecule has 2 atom stereocenters. The monoisotopic (exact) mass is 273 g/mol. The minimum atomic E-state index is -0.547. The van der Waals surface area contributed by atoms with Crippen LogP contribution in [-0.4, -0.2) is 42.2 Å². The van der Waals surface area contributed by atoms with Crippen molar-refractivity contribution in [2.75, 3.05) is 19.8 Å². The van der Waals surface area contributed by atoms with Crippen molar-refractivity contribution in [2.24, 2.45) is 5.92 Å². The lowest BCUT2D eigenvalue weighted by atomic mass is 10.2. The minimum Gasteiger partial charge on any atom is -0.444 e. The number of ether oxygens (including phenoxy) is 2. The highest BCUT2D eigenvalue weighted by atomic mass is 16.6. The molecule has 2 N–H and O–H groups in total. The molecule has 5 nitrogen and oxygen atoms in total. The van der Waals surface area contributed by atoms with E-state index in [0.717, 1.165) is 25.9 Å². The van der Waals surface area contributed by atoms with Crippen molar-refractivity contribution in [2.45, 2.75) is 58.1 Å². The van der Waals surface area contributed by atoms with E-state index in [0.29, 0.717) is 6.61 Å². The summed E-state index contributed by atoms with van der Waals surface area (Å²) in [5.74, 6) is 0.182. The van der Waals surface area contributed by atoms with Crippen LogP contribution >= 0.6 is 0 Å². The van der Waals surface area contributed by atoms with Crippen LogP contribution in [0.2, 0.25) is 0 Å². The Bertz CT molecular complexity index is 300. The molecule has 19 heavy (non-hydrogen) atoms.